The van der Waals surface area contributed by atoms with Gasteiger partial charge in [0.1, 0.15) is 5.75 Å². The maximum Gasteiger partial charge on any atom is 0.312 e. The Balaban J connectivity index is 1.30. The molecule has 0 aliphatic heterocycles. The fourth-order valence-corrected chi connectivity index (χ4v) is 7.39. The summed E-state index contributed by atoms with van der Waals surface area (Å²) in [7, 11) is 1.43. The molecule has 2 N–H and O–H groups in total. The number of carbonyl (C=O) groups excluding carboxylic acids is 3. The molecule has 0 radical (unpaired) electrons. The van der Waals surface area contributed by atoms with Crippen LogP contribution in [0.15, 0.2) is 18.2 Å². The van der Waals surface area contributed by atoms with Crippen LogP contribution in [0.5, 0.6) is 5.75 Å². The van der Waals surface area contributed by atoms with Gasteiger partial charge in [0.25, 0.3) is 11.8 Å². The van der Waals surface area contributed by atoms with E-state index in [1.165, 1.54) is 19.6 Å². The van der Waals surface area contributed by atoms with Crippen molar-refractivity contribution >= 4 is 45.3 Å². The molecule has 1 aromatic rings. The Hall–Kier alpha value is -1.80. The van der Waals surface area contributed by atoms with Crippen molar-refractivity contribution in [1.29, 1.82) is 0 Å². The molecule has 0 heterocycles. The SMILES string of the molecule is COc1ccc(Cl)cc1C(=O)NNC(=O)COC(=O)C12CC3CC(CC(Br)(C3)C1)C2. The summed E-state index contributed by atoms with van der Waals surface area (Å²) < 4.78 is 10.5. The average molecular weight is 500 g/mol. The van der Waals surface area contributed by atoms with E-state index in [4.69, 9.17) is 21.1 Å². The molecule has 4 aliphatic rings. The molecule has 4 saturated carbocycles. The van der Waals surface area contributed by atoms with Crippen molar-refractivity contribution in [1.82, 2.24) is 10.9 Å². The first kappa shape index (κ1) is 21.4. The number of rotatable bonds is 5. The van der Waals surface area contributed by atoms with E-state index in [9.17, 15) is 14.4 Å². The molecule has 4 aliphatic carbocycles. The Bertz CT molecular complexity index is 878. The number of esters is 1. The van der Waals surface area contributed by atoms with Crippen LogP contribution in [0.1, 0.15) is 48.9 Å². The molecule has 0 spiro atoms. The molecular weight excluding hydrogens is 476 g/mol. The highest BCUT2D eigenvalue weighted by Crippen LogP contribution is 2.64. The molecule has 4 bridgehead atoms. The van der Waals surface area contributed by atoms with Crippen molar-refractivity contribution in [2.45, 2.75) is 42.8 Å². The first-order chi connectivity index (χ1) is 14.2. The lowest BCUT2D eigenvalue weighted by Crippen LogP contribution is -2.56. The number of carbonyl (C=O) groups is 3. The Morgan fingerprint density at radius 3 is 2.50 bits per heavy atom. The minimum atomic E-state index is -0.615. The maximum atomic E-state index is 12.9. The molecule has 4 fully saturated rings. The van der Waals surface area contributed by atoms with Gasteiger partial charge in [-0.3, -0.25) is 25.2 Å². The van der Waals surface area contributed by atoms with Crippen LogP contribution in [-0.2, 0) is 14.3 Å². The lowest BCUT2D eigenvalue weighted by molar-refractivity contribution is -0.171. The summed E-state index contributed by atoms with van der Waals surface area (Å²) in [4.78, 5) is 37.3. The zero-order valence-corrected chi connectivity index (χ0v) is 19.0. The molecule has 2 atom stereocenters. The Kier molecular flexibility index (Phi) is 5.74. The fraction of sp³-hybridized carbons (Fsp3) is 0.571. The lowest BCUT2D eigenvalue weighted by Gasteiger charge is -2.58. The van der Waals surface area contributed by atoms with Gasteiger partial charge in [0.15, 0.2) is 6.61 Å². The van der Waals surface area contributed by atoms with Crippen molar-refractivity contribution in [3.8, 4) is 5.75 Å². The average Bonchev–Trinajstić information content (AvgIpc) is 2.68. The summed E-state index contributed by atoms with van der Waals surface area (Å²) >= 11 is 9.79. The summed E-state index contributed by atoms with van der Waals surface area (Å²) in [5.41, 5.74) is 4.24. The molecule has 7 nitrogen and oxygen atoms in total. The van der Waals surface area contributed by atoms with Crippen molar-refractivity contribution in [3.05, 3.63) is 28.8 Å². The van der Waals surface area contributed by atoms with Gasteiger partial charge < -0.3 is 9.47 Å². The number of methoxy groups -OCH3 is 1. The van der Waals surface area contributed by atoms with Gasteiger partial charge in [-0.05, 0) is 68.6 Å². The number of hydrogen-bond acceptors (Lipinski definition) is 5. The summed E-state index contributed by atoms with van der Waals surface area (Å²) in [5.74, 6) is -0.105. The normalized spacial score (nSPS) is 31.2. The predicted octanol–water partition coefficient (Wildman–Crippen LogP) is 3.39. The molecule has 5 rings (SSSR count). The molecule has 30 heavy (non-hydrogen) atoms. The van der Waals surface area contributed by atoms with Crippen LogP contribution in [0.3, 0.4) is 0 Å². The Labute approximate surface area is 188 Å². The number of benzene rings is 1. The third kappa shape index (κ3) is 4.17. The van der Waals surface area contributed by atoms with Crippen LogP contribution in [0.4, 0.5) is 0 Å². The standard InChI is InChI=1S/C21H24BrClN2O5/c1-29-16-3-2-14(23)5-15(16)18(27)25-24-17(26)10-30-19(28)20-6-12-4-13(7-20)9-21(22,8-12)11-20/h2-3,5,12-13H,4,6-11H2,1H3,(H,24,26)(H,25,27). The van der Waals surface area contributed by atoms with Crippen LogP contribution in [0.2, 0.25) is 5.02 Å². The highest BCUT2D eigenvalue weighted by Gasteiger charge is 2.60. The summed E-state index contributed by atoms with van der Waals surface area (Å²) in [6.45, 7) is -0.446. The van der Waals surface area contributed by atoms with Gasteiger partial charge in [-0.25, -0.2) is 0 Å². The van der Waals surface area contributed by atoms with E-state index in [1.54, 1.807) is 12.1 Å². The third-order valence-corrected chi connectivity index (χ3v) is 7.64. The first-order valence-corrected chi connectivity index (χ1v) is 11.2. The molecule has 1 aromatic carbocycles. The Morgan fingerprint density at radius 1 is 1.17 bits per heavy atom. The second-order valence-corrected chi connectivity index (χ2v) is 10.9. The minimum Gasteiger partial charge on any atom is -0.496 e. The van der Waals surface area contributed by atoms with Gasteiger partial charge in [0.05, 0.1) is 18.1 Å². The fourth-order valence-electron chi connectivity index (χ4n) is 5.76. The minimum absolute atomic E-state index is 0.0301. The monoisotopic (exact) mass is 498 g/mol. The topological polar surface area (TPSA) is 93.7 Å². The molecule has 0 saturated heterocycles. The highest BCUT2D eigenvalue weighted by molar-refractivity contribution is 9.10. The second kappa shape index (κ2) is 8.04. The smallest absolute Gasteiger partial charge is 0.312 e. The summed E-state index contributed by atoms with van der Waals surface area (Å²) in [5, 5.41) is 0.362. The molecule has 162 valence electrons. The van der Waals surface area contributed by atoms with Crippen molar-refractivity contribution < 1.29 is 23.9 Å². The predicted molar refractivity (Wildman–Crippen MR) is 113 cm³/mol. The molecular formula is C21H24BrClN2O5. The van der Waals surface area contributed by atoms with Gasteiger partial charge in [-0.15, -0.1) is 0 Å². The first-order valence-electron chi connectivity index (χ1n) is 10.0. The van der Waals surface area contributed by atoms with E-state index in [0.717, 1.165) is 32.1 Å². The number of amides is 2. The summed E-state index contributed by atoms with van der Waals surface area (Å²) in [6.07, 6.45) is 5.84. The zero-order chi connectivity index (χ0) is 21.5. The Morgan fingerprint density at radius 2 is 1.87 bits per heavy atom. The van der Waals surface area contributed by atoms with Crippen LogP contribution in [0.25, 0.3) is 0 Å². The van der Waals surface area contributed by atoms with Crippen LogP contribution >= 0.6 is 27.5 Å². The van der Waals surface area contributed by atoms with E-state index in [0.29, 0.717) is 22.6 Å². The number of hydrogen-bond donors (Lipinski definition) is 2. The largest absolute Gasteiger partial charge is 0.496 e. The van der Waals surface area contributed by atoms with E-state index in [1.807, 2.05) is 0 Å². The summed E-state index contributed by atoms with van der Waals surface area (Å²) in [6, 6.07) is 4.59. The lowest BCUT2D eigenvalue weighted by atomic mass is 9.49. The van der Waals surface area contributed by atoms with Crippen LogP contribution in [0, 0.1) is 17.3 Å². The molecule has 2 unspecified atom stereocenters. The molecule has 9 heteroatoms. The van der Waals surface area contributed by atoms with Crippen LogP contribution in [-0.4, -0.2) is 35.8 Å². The quantitative estimate of drug-likeness (QED) is 0.368. The van der Waals surface area contributed by atoms with Crippen molar-refractivity contribution in [3.63, 3.8) is 0 Å². The van der Waals surface area contributed by atoms with Gasteiger partial charge in [-0.2, -0.15) is 0 Å². The van der Waals surface area contributed by atoms with Gasteiger partial charge in [-0.1, -0.05) is 27.5 Å². The highest BCUT2D eigenvalue weighted by atomic mass is 79.9. The van der Waals surface area contributed by atoms with E-state index >= 15 is 0 Å². The van der Waals surface area contributed by atoms with Crippen molar-refractivity contribution in [2.24, 2.45) is 17.3 Å². The van der Waals surface area contributed by atoms with Gasteiger partial charge in [0.2, 0.25) is 0 Å². The number of halogens is 2. The maximum absolute atomic E-state index is 12.9. The molecule has 0 aromatic heterocycles. The van der Waals surface area contributed by atoms with Crippen LogP contribution < -0.4 is 15.6 Å². The van der Waals surface area contributed by atoms with Crippen molar-refractivity contribution in [2.75, 3.05) is 13.7 Å². The molecule has 2 amide bonds. The van der Waals surface area contributed by atoms with Gasteiger partial charge in [0, 0.05) is 9.35 Å². The van der Waals surface area contributed by atoms with E-state index < -0.39 is 23.8 Å². The number of alkyl halides is 1. The van der Waals surface area contributed by atoms with E-state index in [2.05, 4.69) is 26.8 Å². The number of ether oxygens (including phenoxy) is 2. The number of hydrazine groups is 1. The van der Waals surface area contributed by atoms with Gasteiger partial charge >= 0.3 is 5.97 Å². The third-order valence-electron chi connectivity index (χ3n) is 6.48. The second-order valence-electron chi connectivity index (χ2n) is 8.82. The zero-order valence-electron chi connectivity index (χ0n) is 16.6. The van der Waals surface area contributed by atoms with E-state index in [-0.39, 0.29) is 15.9 Å². The number of nitrogens with one attached hydrogen (secondary N) is 2.